The summed E-state index contributed by atoms with van der Waals surface area (Å²) in [6.07, 6.45) is -1.29. The summed E-state index contributed by atoms with van der Waals surface area (Å²) in [4.78, 5) is 18.0. The smallest absolute Gasteiger partial charge is 0.330 e. The normalized spacial score (nSPS) is 14.9. The number of carbonyl (C=O) groups excluding carboxylic acids is 1. The maximum Gasteiger partial charge on any atom is 0.434 e. The molecule has 1 amide bonds. The van der Waals surface area contributed by atoms with Gasteiger partial charge in [0.05, 0.1) is 27.7 Å². The molecule has 9 heteroatoms. The fraction of sp³-hybridized carbons (Fsp3) is 0.533. The van der Waals surface area contributed by atoms with Gasteiger partial charge in [-0.15, -0.1) is 11.3 Å². The maximum atomic E-state index is 13.1. The highest BCUT2D eigenvalue weighted by atomic mass is 32.1. The monoisotopic (exact) mass is 358 g/mol. The molecule has 24 heavy (non-hydrogen) atoms. The van der Waals surface area contributed by atoms with Crippen LogP contribution >= 0.6 is 11.3 Å². The van der Waals surface area contributed by atoms with Crippen molar-refractivity contribution in [1.82, 2.24) is 19.7 Å². The molecule has 0 radical (unpaired) electrons. The zero-order valence-electron chi connectivity index (χ0n) is 13.5. The summed E-state index contributed by atoms with van der Waals surface area (Å²) in [7, 11) is 1.71. The zero-order valence-corrected chi connectivity index (χ0v) is 14.3. The second-order valence-electron chi connectivity index (χ2n) is 5.97. The molecule has 3 rings (SSSR count). The van der Waals surface area contributed by atoms with Crippen LogP contribution in [-0.4, -0.2) is 31.6 Å². The third-order valence-corrected chi connectivity index (χ3v) is 4.83. The van der Waals surface area contributed by atoms with Crippen molar-refractivity contribution in [2.75, 3.05) is 0 Å². The van der Waals surface area contributed by atoms with Crippen LogP contribution < -0.4 is 0 Å². The molecule has 0 atom stereocenters. The van der Waals surface area contributed by atoms with E-state index in [4.69, 9.17) is 0 Å². The number of aryl methyl sites for hydroxylation is 3. The van der Waals surface area contributed by atoms with E-state index in [2.05, 4.69) is 10.1 Å². The van der Waals surface area contributed by atoms with Crippen molar-refractivity contribution >= 4 is 17.2 Å². The van der Waals surface area contributed by atoms with E-state index in [0.717, 1.165) is 24.2 Å². The van der Waals surface area contributed by atoms with Crippen LogP contribution in [0.3, 0.4) is 0 Å². The number of hydrogen-bond acceptors (Lipinski definition) is 4. The van der Waals surface area contributed by atoms with Gasteiger partial charge in [-0.3, -0.25) is 9.48 Å². The minimum atomic E-state index is -4.51. The van der Waals surface area contributed by atoms with Crippen molar-refractivity contribution in [2.45, 2.75) is 45.5 Å². The Hall–Kier alpha value is -1.90. The van der Waals surface area contributed by atoms with Crippen LogP contribution in [-0.2, 0) is 19.8 Å². The molecular formula is C15H17F3N4OS. The van der Waals surface area contributed by atoms with Crippen LogP contribution in [0.4, 0.5) is 13.2 Å². The van der Waals surface area contributed by atoms with E-state index in [1.807, 2.05) is 0 Å². The van der Waals surface area contributed by atoms with E-state index in [1.165, 1.54) is 16.5 Å². The molecule has 2 heterocycles. The molecule has 1 aliphatic carbocycles. The Morgan fingerprint density at radius 3 is 2.58 bits per heavy atom. The van der Waals surface area contributed by atoms with Gasteiger partial charge < -0.3 is 4.90 Å². The van der Waals surface area contributed by atoms with Gasteiger partial charge in [0, 0.05) is 19.3 Å². The summed E-state index contributed by atoms with van der Waals surface area (Å²) in [5.41, 5.74) is 0.121. The highest BCUT2D eigenvalue weighted by Gasteiger charge is 2.40. The molecule has 0 unspecified atom stereocenters. The number of hydrogen-bond donors (Lipinski definition) is 0. The number of thiazole rings is 1. The molecule has 2 aromatic heterocycles. The van der Waals surface area contributed by atoms with E-state index in [1.54, 1.807) is 20.2 Å². The number of carbonyl (C=O) groups is 1. The first kappa shape index (κ1) is 16.9. The quantitative estimate of drug-likeness (QED) is 0.843. The SMILES string of the molecule is Cc1nc(C(F)(F)F)c(CN(C(=O)c2cn(C)nc2C)C2CC2)s1. The Bertz CT molecular complexity index is 776. The zero-order chi connectivity index (χ0) is 17.6. The number of amides is 1. The van der Waals surface area contributed by atoms with Crippen LogP contribution in [0.25, 0.3) is 0 Å². The number of alkyl halides is 3. The lowest BCUT2D eigenvalue weighted by Crippen LogP contribution is -2.33. The number of nitrogens with zero attached hydrogens (tertiary/aromatic N) is 4. The van der Waals surface area contributed by atoms with Gasteiger partial charge in [-0.25, -0.2) is 4.98 Å². The average molecular weight is 358 g/mol. The topological polar surface area (TPSA) is 51.0 Å². The van der Waals surface area contributed by atoms with Gasteiger partial charge in [0.1, 0.15) is 0 Å². The van der Waals surface area contributed by atoms with Gasteiger partial charge in [0.2, 0.25) is 0 Å². The molecule has 1 aliphatic rings. The van der Waals surface area contributed by atoms with Gasteiger partial charge in [-0.05, 0) is 26.7 Å². The molecule has 1 fully saturated rings. The lowest BCUT2D eigenvalue weighted by molar-refractivity contribution is -0.141. The third-order valence-electron chi connectivity index (χ3n) is 3.88. The Morgan fingerprint density at radius 1 is 1.42 bits per heavy atom. The molecule has 5 nitrogen and oxygen atoms in total. The van der Waals surface area contributed by atoms with Crippen molar-refractivity contribution in [2.24, 2.45) is 7.05 Å². The number of halogens is 3. The van der Waals surface area contributed by atoms with Gasteiger partial charge in [-0.1, -0.05) is 0 Å². The summed E-state index contributed by atoms with van der Waals surface area (Å²) in [6.45, 7) is 3.19. The van der Waals surface area contributed by atoms with Gasteiger partial charge in [0.25, 0.3) is 5.91 Å². The third kappa shape index (κ3) is 3.31. The standard InChI is InChI=1S/C15H17F3N4OS/c1-8-11(6-21(3)20-8)14(23)22(10-4-5-10)7-12-13(15(16,17)18)19-9(2)24-12/h6,10H,4-5,7H2,1-3H3. The molecule has 2 aromatic rings. The lowest BCUT2D eigenvalue weighted by atomic mass is 10.2. The van der Waals surface area contributed by atoms with E-state index in [9.17, 15) is 18.0 Å². The van der Waals surface area contributed by atoms with E-state index >= 15 is 0 Å². The van der Waals surface area contributed by atoms with Gasteiger partial charge in [-0.2, -0.15) is 18.3 Å². The second-order valence-corrected chi connectivity index (χ2v) is 7.26. The highest BCUT2D eigenvalue weighted by Crippen LogP contribution is 2.37. The molecule has 130 valence electrons. The average Bonchev–Trinajstić information content (AvgIpc) is 3.14. The lowest BCUT2D eigenvalue weighted by Gasteiger charge is -2.22. The predicted octanol–water partition coefficient (Wildman–Crippen LogP) is 3.32. The summed E-state index contributed by atoms with van der Waals surface area (Å²) >= 11 is 0.991. The maximum absolute atomic E-state index is 13.1. The van der Waals surface area contributed by atoms with Crippen molar-refractivity contribution in [1.29, 1.82) is 0 Å². The minimum Gasteiger partial charge on any atom is -0.330 e. The summed E-state index contributed by atoms with van der Waals surface area (Å²) in [5.74, 6) is -0.276. The highest BCUT2D eigenvalue weighted by molar-refractivity contribution is 7.11. The summed E-state index contributed by atoms with van der Waals surface area (Å²) in [5, 5.41) is 4.49. The van der Waals surface area contributed by atoms with Gasteiger partial charge in [0.15, 0.2) is 5.69 Å². The van der Waals surface area contributed by atoms with Crippen LogP contribution in [0.2, 0.25) is 0 Å². The van der Waals surface area contributed by atoms with E-state index in [0.29, 0.717) is 16.3 Å². The molecular weight excluding hydrogens is 341 g/mol. The van der Waals surface area contributed by atoms with Crippen LogP contribution in [0.5, 0.6) is 0 Å². The number of rotatable bonds is 4. The van der Waals surface area contributed by atoms with Crippen molar-refractivity contribution in [3.05, 3.63) is 33.0 Å². The summed E-state index contributed by atoms with van der Waals surface area (Å²) in [6, 6.07) is -0.0133. The first-order valence-electron chi connectivity index (χ1n) is 7.51. The Morgan fingerprint density at radius 2 is 2.08 bits per heavy atom. The van der Waals surface area contributed by atoms with Crippen LogP contribution in [0.15, 0.2) is 6.20 Å². The second kappa shape index (κ2) is 5.87. The summed E-state index contributed by atoms with van der Waals surface area (Å²) < 4.78 is 41.0. The molecule has 0 spiro atoms. The fourth-order valence-electron chi connectivity index (χ4n) is 2.67. The fourth-order valence-corrected chi connectivity index (χ4v) is 3.63. The minimum absolute atomic E-state index is 0.0133. The van der Waals surface area contributed by atoms with Crippen LogP contribution in [0.1, 0.15) is 44.5 Å². The Balaban J connectivity index is 1.91. The van der Waals surface area contributed by atoms with Crippen molar-refractivity contribution in [3.63, 3.8) is 0 Å². The van der Waals surface area contributed by atoms with Gasteiger partial charge >= 0.3 is 6.18 Å². The largest absolute Gasteiger partial charge is 0.434 e. The Kier molecular flexibility index (Phi) is 4.15. The van der Waals surface area contributed by atoms with E-state index in [-0.39, 0.29) is 23.4 Å². The predicted molar refractivity (Wildman–Crippen MR) is 82.7 cm³/mol. The Labute approximate surface area is 141 Å². The number of aromatic nitrogens is 3. The first-order chi connectivity index (χ1) is 11.2. The van der Waals surface area contributed by atoms with Crippen molar-refractivity contribution in [3.8, 4) is 0 Å². The molecule has 0 aromatic carbocycles. The molecule has 0 bridgehead atoms. The molecule has 1 saturated carbocycles. The van der Waals surface area contributed by atoms with Crippen molar-refractivity contribution < 1.29 is 18.0 Å². The molecule has 0 N–H and O–H groups in total. The van der Waals surface area contributed by atoms with E-state index < -0.39 is 11.9 Å². The molecule has 0 aliphatic heterocycles. The van der Waals surface area contributed by atoms with Crippen LogP contribution in [0, 0.1) is 13.8 Å². The molecule has 0 saturated heterocycles. The first-order valence-corrected chi connectivity index (χ1v) is 8.33.